The van der Waals surface area contributed by atoms with Crippen LogP contribution in [-0.4, -0.2) is 23.9 Å². The Morgan fingerprint density at radius 3 is 0.919 bits per heavy atom. The molecule has 3 nitrogen and oxygen atoms in total. The van der Waals surface area contributed by atoms with E-state index < -0.39 is 37.3 Å². The third kappa shape index (κ3) is 6.36. The summed E-state index contributed by atoms with van der Waals surface area (Å²) in [7, 11) is 0. The Labute approximate surface area is 209 Å². The Hall–Kier alpha value is -3.69. The van der Waals surface area contributed by atoms with Crippen LogP contribution in [0.1, 0.15) is 11.1 Å². The molecule has 2 N–H and O–H groups in total. The summed E-state index contributed by atoms with van der Waals surface area (Å²) in [6.07, 6.45) is -8.91. The molecule has 4 aromatic carbocycles. The summed E-state index contributed by atoms with van der Waals surface area (Å²) in [4.78, 5) is 0. The molecule has 0 saturated carbocycles. The summed E-state index contributed by atoms with van der Waals surface area (Å²) in [5.41, 5.74) is -0.0628. The lowest BCUT2D eigenvalue weighted by atomic mass is 9.56. The molecule has 0 aliphatic heterocycles. The summed E-state index contributed by atoms with van der Waals surface area (Å²) in [6, 6.07) is 21.2. The lowest BCUT2D eigenvalue weighted by molar-refractivity contribution is -0.138. The maximum atomic E-state index is 12.7. The van der Waals surface area contributed by atoms with Crippen molar-refractivity contribution in [2.45, 2.75) is 12.4 Å². The molecule has 11 heteroatoms. The molecule has 0 radical (unpaired) electrons. The van der Waals surface area contributed by atoms with Crippen LogP contribution in [0, 0.1) is 0 Å². The first-order valence-electron chi connectivity index (χ1n) is 11.0. The van der Waals surface area contributed by atoms with Gasteiger partial charge in [0.25, 0.3) is 0 Å². The number of alkyl halides is 6. The van der Waals surface area contributed by atoms with Crippen molar-refractivity contribution < 1.29 is 41.1 Å². The second-order valence-corrected chi connectivity index (χ2v) is 8.28. The van der Waals surface area contributed by atoms with E-state index >= 15 is 0 Å². The summed E-state index contributed by atoms with van der Waals surface area (Å²) in [5.74, 6) is 0.860. The quantitative estimate of drug-likeness (QED) is 0.305. The Morgan fingerprint density at radius 1 is 0.432 bits per heavy atom. The van der Waals surface area contributed by atoms with Gasteiger partial charge in [-0.25, -0.2) is 0 Å². The van der Waals surface area contributed by atoms with Crippen LogP contribution in [0.3, 0.4) is 0 Å². The zero-order valence-electron chi connectivity index (χ0n) is 19.0. The molecule has 4 rings (SSSR count). The van der Waals surface area contributed by atoms with Crippen LogP contribution in [0.2, 0.25) is 0 Å². The average Bonchev–Trinajstić information content (AvgIpc) is 2.88. The van der Waals surface area contributed by atoms with Crippen molar-refractivity contribution in [2.75, 3.05) is 0 Å². The maximum absolute atomic E-state index is 12.7. The minimum atomic E-state index is -4.46. The Balaban J connectivity index is 1.39. The van der Waals surface area contributed by atoms with Crippen LogP contribution in [0.15, 0.2) is 97.1 Å². The van der Waals surface area contributed by atoms with Crippen molar-refractivity contribution in [3.8, 4) is 11.5 Å². The first-order chi connectivity index (χ1) is 17.4. The van der Waals surface area contributed by atoms with E-state index in [4.69, 9.17) is 4.74 Å². The molecule has 0 heterocycles. The van der Waals surface area contributed by atoms with Crippen molar-refractivity contribution >= 4 is 35.7 Å². The van der Waals surface area contributed by atoms with E-state index in [1.807, 2.05) is 0 Å². The minimum absolute atomic E-state index is 0.309. The van der Waals surface area contributed by atoms with Crippen LogP contribution in [-0.2, 0) is 12.4 Å². The molecule has 0 aliphatic carbocycles. The second kappa shape index (κ2) is 10.4. The molecule has 0 amide bonds. The molecule has 0 unspecified atom stereocenters. The number of benzene rings is 4. The van der Waals surface area contributed by atoms with Gasteiger partial charge in [-0.1, -0.05) is 72.8 Å². The van der Waals surface area contributed by atoms with Crippen LogP contribution >= 0.6 is 0 Å². The Morgan fingerprint density at radius 2 is 0.676 bits per heavy atom. The predicted molar refractivity (Wildman–Crippen MR) is 130 cm³/mol. The van der Waals surface area contributed by atoms with Crippen LogP contribution < -0.4 is 26.6 Å². The molecular formula is C26H18B2F6O3. The van der Waals surface area contributed by atoms with Gasteiger partial charge >= 0.3 is 26.2 Å². The van der Waals surface area contributed by atoms with Crippen molar-refractivity contribution in [1.29, 1.82) is 0 Å². The van der Waals surface area contributed by atoms with Crippen LogP contribution in [0.4, 0.5) is 26.3 Å². The third-order valence-corrected chi connectivity index (χ3v) is 5.73. The third-order valence-electron chi connectivity index (χ3n) is 5.73. The van der Waals surface area contributed by atoms with E-state index in [9.17, 15) is 36.4 Å². The van der Waals surface area contributed by atoms with Gasteiger partial charge in [0.15, 0.2) is 0 Å². The zero-order chi connectivity index (χ0) is 26.8. The highest BCUT2D eigenvalue weighted by molar-refractivity contribution is 6.79. The molecule has 0 fully saturated rings. The average molecular weight is 514 g/mol. The number of rotatable bonds is 6. The number of ether oxygens (including phenoxy) is 1. The largest absolute Gasteiger partial charge is 0.457 e. The fourth-order valence-electron chi connectivity index (χ4n) is 3.67. The maximum Gasteiger partial charge on any atom is 0.416 e. The van der Waals surface area contributed by atoms with Gasteiger partial charge in [0, 0.05) is 0 Å². The molecule has 0 spiro atoms. The van der Waals surface area contributed by atoms with E-state index in [0.29, 0.717) is 33.4 Å². The molecular weight excluding hydrogens is 496 g/mol. The second-order valence-electron chi connectivity index (χ2n) is 8.28. The lowest BCUT2D eigenvalue weighted by Crippen LogP contribution is -2.42. The van der Waals surface area contributed by atoms with E-state index in [-0.39, 0.29) is 0 Å². The first-order valence-corrected chi connectivity index (χ1v) is 11.0. The van der Waals surface area contributed by atoms with Crippen molar-refractivity contribution in [1.82, 2.24) is 0 Å². The molecule has 188 valence electrons. The van der Waals surface area contributed by atoms with Gasteiger partial charge in [0.05, 0.1) is 11.1 Å². The van der Waals surface area contributed by atoms with E-state index in [1.165, 1.54) is 24.3 Å². The number of hydrogen-bond donors (Lipinski definition) is 2. The van der Waals surface area contributed by atoms with Gasteiger partial charge in [-0.05, 0) is 46.1 Å². The summed E-state index contributed by atoms with van der Waals surface area (Å²) in [6.45, 7) is -2.25. The molecule has 0 aromatic heterocycles. The van der Waals surface area contributed by atoms with Crippen molar-refractivity contribution in [3.63, 3.8) is 0 Å². The van der Waals surface area contributed by atoms with E-state index in [2.05, 4.69) is 0 Å². The molecule has 0 saturated heterocycles. The highest BCUT2D eigenvalue weighted by atomic mass is 19.4. The van der Waals surface area contributed by atoms with Crippen LogP contribution in [0.25, 0.3) is 0 Å². The van der Waals surface area contributed by atoms with Crippen molar-refractivity contribution in [2.24, 2.45) is 0 Å². The number of hydrogen-bond acceptors (Lipinski definition) is 3. The highest BCUT2D eigenvalue weighted by Crippen LogP contribution is 2.29. The van der Waals surface area contributed by atoms with E-state index in [1.54, 1.807) is 48.5 Å². The van der Waals surface area contributed by atoms with Crippen LogP contribution in [0.5, 0.6) is 11.5 Å². The fraction of sp³-hybridized carbons (Fsp3) is 0.0769. The molecule has 37 heavy (non-hydrogen) atoms. The predicted octanol–water partition coefficient (Wildman–Crippen LogP) is 3.71. The standard InChI is InChI=1S/C26H18B2F6O3/c29-25(30,31)17-1-5-19(6-2-17)27(35)21-9-13-23(14-10-21)37-24-15-11-22(12-16-24)28(36)20-7-3-18(4-8-20)26(32,33)34/h1-16,35-36H. The molecule has 4 aromatic rings. The normalized spacial score (nSPS) is 11.8. The summed E-state index contributed by atoms with van der Waals surface area (Å²) < 4.78 is 82.1. The Bertz CT molecular complexity index is 1220. The fourth-order valence-corrected chi connectivity index (χ4v) is 3.67. The highest BCUT2D eigenvalue weighted by Gasteiger charge is 2.31. The lowest BCUT2D eigenvalue weighted by Gasteiger charge is -2.12. The molecule has 0 aliphatic rings. The summed E-state index contributed by atoms with van der Waals surface area (Å²) >= 11 is 0. The zero-order valence-corrected chi connectivity index (χ0v) is 19.0. The summed E-state index contributed by atoms with van der Waals surface area (Å²) in [5, 5.41) is 21.0. The van der Waals surface area contributed by atoms with Gasteiger partial charge in [0.2, 0.25) is 0 Å². The van der Waals surface area contributed by atoms with Gasteiger partial charge in [-0.15, -0.1) is 0 Å². The SMILES string of the molecule is OB(c1ccc(Oc2ccc(B(O)c3ccc(C(F)(F)F)cc3)cc2)cc1)c1ccc(C(F)(F)F)cc1. The van der Waals surface area contributed by atoms with Gasteiger partial charge in [-0.3, -0.25) is 0 Å². The van der Waals surface area contributed by atoms with Crippen molar-refractivity contribution in [3.05, 3.63) is 108 Å². The van der Waals surface area contributed by atoms with Gasteiger partial charge in [-0.2, -0.15) is 26.3 Å². The topological polar surface area (TPSA) is 49.7 Å². The molecule has 0 atom stereocenters. The van der Waals surface area contributed by atoms with Gasteiger partial charge < -0.3 is 14.8 Å². The van der Waals surface area contributed by atoms with E-state index in [0.717, 1.165) is 24.3 Å². The first kappa shape index (κ1) is 26.4. The monoisotopic (exact) mass is 514 g/mol. The molecule has 0 bridgehead atoms. The smallest absolute Gasteiger partial charge is 0.416 e. The minimum Gasteiger partial charge on any atom is -0.457 e. The number of halogens is 6. The Kier molecular flexibility index (Phi) is 7.38. The van der Waals surface area contributed by atoms with Gasteiger partial charge in [0.1, 0.15) is 11.5 Å².